The van der Waals surface area contributed by atoms with E-state index in [1.54, 1.807) is 43.1 Å². The largest absolute Gasteiger partial charge is 0.416 e. The maximum Gasteiger partial charge on any atom is 0.416 e. The van der Waals surface area contributed by atoms with Gasteiger partial charge in [-0.15, -0.1) is 10.2 Å². The van der Waals surface area contributed by atoms with Gasteiger partial charge in [0.2, 0.25) is 0 Å². The normalized spacial score (nSPS) is 21.5. The van der Waals surface area contributed by atoms with Gasteiger partial charge in [0.1, 0.15) is 11.4 Å². The Labute approximate surface area is 217 Å². The predicted octanol–water partition coefficient (Wildman–Crippen LogP) is 4.62. The molecule has 7 nitrogen and oxygen atoms in total. The number of alkyl halides is 3. The molecule has 1 saturated heterocycles. The molecule has 2 aromatic heterocycles. The zero-order valence-corrected chi connectivity index (χ0v) is 21.6. The average molecular weight is 531 g/mol. The van der Waals surface area contributed by atoms with Crippen molar-refractivity contribution in [3.8, 4) is 11.5 Å². The first-order valence-electron chi connectivity index (χ1n) is 12.3. The summed E-state index contributed by atoms with van der Waals surface area (Å²) in [4.78, 5) is 18.8. The molecule has 2 atom stereocenters. The van der Waals surface area contributed by atoms with Crippen molar-refractivity contribution in [1.82, 2.24) is 30.0 Å². The highest BCUT2D eigenvalue weighted by Crippen LogP contribution is 2.64. The van der Waals surface area contributed by atoms with E-state index in [-0.39, 0.29) is 11.3 Å². The third-order valence-electron chi connectivity index (χ3n) is 7.42. The molecular weight excluding hydrogens is 501 g/mol. The third-order valence-corrected chi connectivity index (χ3v) is 8.52. The molecule has 1 saturated carbocycles. The minimum absolute atomic E-state index is 0.224. The number of halogens is 3. The Kier molecular flexibility index (Phi) is 7.01. The van der Waals surface area contributed by atoms with Crippen LogP contribution in [0, 0.1) is 5.41 Å². The van der Waals surface area contributed by atoms with Crippen LogP contribution in [0.2, 0.25) is 0 Å². The van der Waals surface area contributed by atoms with Gasteiger partial charge in [-0.2, -0.15) is 13.2 Å². The number of carbonyl (C=O) groups is 1. The fourth-order valence-electron chi connectivity index (χ4n) is 5.28. The molecule has 37 heavy (non-hydrogen) atoms. The monoisotopic (exact) mass is 530 g/mol. The SMILES string of the molecule is CNC(=O)c1cccc(-c2nnc(SCCCN3CC[C@]4(C[C@@H]4c4ccc(C(F)(F)F)cc4)C3)n2C)n1. The summed E-state index contributed by atoms with van der Waals surface area (Å²) in [5, 5.41) is 12.0. The van der Waals surface area contributed by atoms with Crippen LogP contribution in [0.3, 0.4) is 0 Å². The zero-order valence-electron chi connectivity index (χ0n) is 20.8. The molecule has 1 N–H and O–H groups in total. The summed E-state index contributed by atoms with van der Waals surface area (Å²) >= 11 is 1.64. The maximum absolute atomic E-state index is 12.9. The number of nitrogens with one attached hydrogen (secondary N) is 1. The average Bonchev–Trinajstić information content (AvgIpc) is 3.23. The third kappa shape index (κ3) is 5.38. The van der Waals surface area contributed by atoms with Crippen LogP contribution in [0.4, 0.5) is 13.2 Å². The van der Waals surface area contributed by atoms with Crippen LogP contribution in [-0.2, 0) is 13.2 Å². The van der Waals surface area contributed by atoms with Gasteiger partial charge in [-0.3, -0.25) is 4.79 Å². The number of amides is 1. The van der Waals surface area contributed by atoms with E-state index in [0.29, 0.717) is 23.1 Å². The molecule has 1 spiro atoms. The van der Waals surface area contributed by atoms with E-state index in [2.05, 4.69) is 25.4 Å². The number of likely N-dealkylation sites (tertiary alicyclic amines) is 1. The van der Waals surface area contributed by atoms with Gasteiger partial charge < -0.3 is 14.8 Å². The van der Waals surface area contributed by atoms with Gasteiger partial charge in [0, 0.05) is 26.4 Å². The number of nitrogens with zero attached hydrogens (tertiary/aromatic N) is 5. The molecule has 11 heteroatoms. The molecule has 0 radical (unpaired) electrons. The van der Waals surface area contributed by atoms with Crippen molar-refractivity contribution in [3.63, 3.8) is 0 Å². The Morgan fingerprint density at radius 1 is 1.19 bits per heavy atom. The van der Waals surface area contributed by atoms with Crippen LogP contribution >= 0.6 is 11.8 Å². The number of carbonyl (C=O) groups excluding carboxylic acids is 1. The fraction of sp³-hybridized carbons (Fsp3) is 0.462. The van der Waals surface area contributed by atoms with Crippen molar-refractivity contribution in [3.05, 3.63) is 59.3 Å². The van der Waals surface area contributed by atoms with Crippen molar-refractivity contribution in [1.29, 1.82) is 0 Å². The van der Waals surface area contributed by atoms with Crippen molar-refractivity contribution >= 4 is 17.7 Å². The smallest absolute Gasteiger partial charge is 0.354 e. The molecule has 3 aromatic rings. The molecule has 1 amide bonds. The number of thioether (sulfide) groups is 1. The molecule has 2 aliphatic rings. The number of rotatable bonds is 8. The van der Waals surface area contributed by atoms with Crippen LogP contribution in [-0.4, -0.2) is 63.0 Å². The molecular formula is C26H29F3N6OS. The molecule has 3 heterocycles. The molecule has 1 aliphatic heterocycles. The highest BCUT2D eigenvalue weighted by molar-refractivity contribution is 7.99. The Balaban J connectivity index is 1.10. The zero-order chi connectivity index (χ0) is 26.2. The van der Waals surface area contributed by atoms with Crippen LogP contribution in [0.1, 0.15) is 46.8 Å². The maximum atomic E-state index is 12.9. The lowest BCUT2D eigenvalue weighted by molar-refractivity contribution is -0.137. The van der Waals surface area contributed by atoms with Gasteiger partial charge in [-0.1, -0.05) is 30.0 Å². The summed E-state index contributed by atoms with van der Waals surface area (Å²) in [6, 6.07) is 11.0. The minimum atomic E-state index is -4.29. The van der Waals surface area contributed by atoms with E-state index >= 15 is 0 Å². The van der Waals surface area contributed by atoms with E-state index in [1.165, 1.54) is 12.1 Å². The second kappa shape index (κ2) is 10.1. The van der Waals surface area contributed by atoms with Crippen molar-refractivity contribution in [2.24, 2.45) is 12.5 Å². The molecule has 1 aromatic carbocycles. The lowest BCUT2D eigenvalue weighted by atomic mass is 9.97. The Morgan fingerprint density at radius 3 is 2.70 bits per heavy atom. The Hall–Kier alpha value is -2.92. The van der Waals surface area contributed by atoms with E-state index in [1.807, 2.05) is 17.7 Å². The van der Waals surface area contributed by atoms with Gasteiger partial charge in [-0.25, -0.2) is 4.98 Å². The topological polar surface area (TPSA) is 75.9 Å². The lowest BCUT2D eigenvalue weighted by Crippen LogP contribution is -2.23. The molecule has 5 rings (SSSR count). The summed E-state index contributed by atoms with van der Waals surface area (Å²) in [5.74, 6) is 1.61. The first kappa shape index (κ1) is 25.7. The number of hydrogen-bond donors (Lipinski definition) is 1. The van der Waals surface area contributed by atoms with Gasteiger partial charge in [0.25, 0.3) is 5.91 Å². The van der Waals surface area contributed by atoms with E-state index in [9.17, 15) is 18.0 Å². The summed E-state index contributed by atoms with van der Waals surface area (Å²) in [6.45, 7) is 3.02. The Bertz CT molecular complexity index is 1280. The molecule has 196 valence electrons. The van der Waals surface area contributed by atoms with Crippen LogP contribution in [0.25, 0.3) is 11.5 Å². The van der Waals surface area contributed by atoms with Crippen LogP contribution in [0.15, 0.2) is 47.6 Å². The first-order chi connectivity index (χ1) is 17.7. The standard InChI is InChI=1S/C26H29F3N6OS/c1-30-23(36)21-6-3-5-20(31-21)22-32-33-24(34(22)2)37-14-4-12-35-13-11-25(16-35)15-19(25)17-7-9-18(10-8-17)26(27,28)29/h3,5-10,19H,4,11-16H2,1-2H3,(H,30,36)/t19-,25+/m1/s1. The molecule has 2 fully saturated rings. The van der Waals surface area contributed by atoms with E-state index in [0.717, 1.165) is 55.4 Å². The lowest BCUT2D eigenvalue weighted by Gasteiger charge is -2.16. The van der Waals surface area contributed by atoms with Gasteiger partial charge in [0.15, 0.2) is 11.0 Å². The summed E-state index contributed by atoms with van der Waals surface area (Å²) in [6.07, 6.45) is -1.14. The number of pyridine rings is 1. The number of benzene rings is 1. The quantitative estimate of drug-likeness (QED) is 0.339. The summed E-state index contributed by atoms with van der Waals surface area (Å²) < 4.78 is 40.5. The number of aromatic nitrogens is 4. The Morgan fingerprint density at radius 2 is 1.97 bits per heavy atom. The predicted molar refractivity (Wildman–Crippen MR) is 135 cm³/mol. The van der Waals surface area contributed by atoms with Gasteiger partial charge >= 0.3 is 6.18 Å². The van der Waals surface area contributed by atoms with Gasteiger partial charge in [0.05, 0.1) is 5.56 Å². The van der Waals surface area contributed by atoms with Crippen molar-refractivity contribution < 1.29 is 18.0 Å². The number of hydrogen-bond acceptors (Lipinski definition) is 6. The second-order valence-electron chi connectivity index (χ2n) is 9.82. The molecule has 1 aliphatic carbocycles. The van der Waals surface area contributed by atoms with Crippen LogP contribution in [0.5, 0.6) is 0 Å². The highest BCUT2D eigenvalue weighted by Gasteiger charge is 2.57. The molecule has 0 bridgehead atoms. The van der Waals surface area contributed by atoms with Gasteiger partial charge in [-0.05, 0) is 73.5 Å². The van der Waals surface area contributed by atoms with E-state index in [4.69, 9.17) is 0 Å². The second-order valence-corrected chi connectivity index (χ2v) is 10.9. The van der Waals surface area contributed by atoms with Crippen molar-refractivity contribution in [2.45, 2.75) is 36.5 Å². The highest BCUT2D eigenvalue weighted by atomic mass is 32.2. The fourth-order valence-corrected chi connectivity index (χ4v) is 6.11. The molecule has 0 unspecified atom stereocenters. The summed E-state index contributed by atoms with van der Waals surface area (Å²) in [5.41, 5.74) is 1.59. The first-order valence-corrected chi connectivity index (χ1v) is 13.3. The summed E-state index contributed by atoms with van der Waals surface area (Å²) in [7, 11) is 3.46. The van der Waals surface area contributed by atoms with Crippen LogP contribution < -0.4 is 5.32 Å². The minimum Gasteiger partial charge on any atom is -0.354 e. The van der Waals surface area contributed by atoms with E-state index < -0.39 is 11.7 Å². The van der Waals surface area contributed by atoms with Crippen molar-refractivity contribution in [2.75, 3.05) is 32.4 Å².